The highest BCUT2D eigenvalue weighted by molar-refractivity contribution is 8.76. The Morgan fingerprint density at radius 1 is 1.64 bits per heavy atom. The van der Waals surface area contributed by atoms with Crippen molar-refractivity contribution in [2.45, 2.75) is 19.8 Å². The van der Waals surface area contributed by atoms with E-state index in [-0.39, 0.29) is 11.9 Å². The van der Waals surface area contributed by atoms with Crippen LogP contribution in [0.25, 0.3) is 0 Å². The largest absolute Gasteiger partial charge is 0.466 e. The van der Waals surface area contributed by atoms with E-state index in [9.17, 15) is 9.59 Å². The highest BCUT2D eigenvalue weighted by Crippen LogP contribution is 2.33. The van der Waals surface area contributed by atoms with Gasteiger partial charge in [-0.2, -0.15) is 0 Å². The van der Waals surface area contributed by atoms with Gasteiger partial charge < -0.3 is 4.74 Å². The maximum absolute atomic E-state index is 11.1. The van der Waals surface area contributed by atoms with E-state index in [1.54, 1.807) is 11.2 Å². The summed E-state index contributed by atoms with van der Waals surface area (Å²) in [6, 6.07) is 0. The molecule has 0 spiro atoms. The number of nitrogens with zero attached hydrogens (tertiary/aromatic N) is 1. The molecule has 1 fully saturated rings. The summed E-state index contributed by atoms with van der Waals surface area (Å²) in [5.41, 5.74) is 0. The SMILES string of the molecule is CCOC(=O)CCCN1SSCC1=O. The molecule has 1 aliphatic rings. The van der Waals surface area contributed by atoms with Gasteiger partial charge in [0.15, 0.2) is 0 Å². The lowest BCUT2D eigenvalue weighted by Gasteiger charge is -2.11. The molecule has 14 heavy (non-hydrogen) atoms. The first kappa shape index (κ1) is 11.7. The van der Waals surface area contributed by atoms with E-state index >= 15 is 0 Å². The first-order chi connectivity index (χ1) is 6.74. The average Bonchev–Trinajstić information content (AvgIpc) is 2.52. The van der Waals surface area contributed by atoms with E-state index in [4.69, 9.17) is 4.74 Å². The molecule has 1 aliphatic heterocycles. The Bertz CT molecular complexity index is 223. The lowest BCUT2D eigenvalue weighted by atomic mass is 10.3. The van der Waals surface area contributed by atoms with E-state index in [0.29, 0.717) is 31.7 Å². The van der Waals surface area contributed by atoms with Crippen LogP contribution in [-0.4, -0.2) is 35.1 Å². The molecule has 0 aliphatic carbocycles. The van der Waals surface area contributed by atoms with Crippen LogP contribution in [0, 0.1) is 0 Å². The van der Waals surface area contributed by atoms with Crippen LogP contribution in [0.15, 0.2) is 0 Å². The summed E-state index contributed by atoms with van der Waals surface area (Å²) >= 11 is 0. The van der Waals surface area contributed by atoms with Crippen molar-refractivity contribution < 1.29 is 14.3 Å². The zero-order chi connectivity index (χ0) is 10.4. The predicted molar refractivity (Wildman–Crippen MR) is 57.6 cm³/mol. The van der Waals surface area contributed by atoms with Crippen molar-refractivity contribution >= 4 is 33.7 Å². The zero-order valence-electron chi connectivity index (χ0n) is 8.02. The van der Waals surface area contributed by atoms with Gasteiger partial charge in [0.05, 0.1) is 12.4 Å². The molecule has 0 saturated carbocycles. The minimum absolute atomic E-state index is 0.142. The molecule has 4 nitrogen and oxygen atoms in total. The number of rotatable bonds is 5. The van der Waals surface area contributed by atoms with Crippen molar-refractivity contribution in [1.29, 1.82) is 0 Å². The number of ether oxygens (including phenoxy) is 1. The Kier molecular flexibility index (Phi) is 5.17. The third-order valence-corrected chi connectivity index (χ3v) is 3.90. The van der Waals surface area contributed by atoms with Crippen molar-refractivity contribution in [3.63, 3.8) is 0 Å². The fraction of sp³-hybridized carbons (Fsp3) is 0.750. The zero-order valence-corrected chi connectivity index (χ0v) is 9.66. The summed E-state index contributed by atoms with van der Waals surface area (Å²) in [7, 11) is 3.00. The van der Waals surface area contributed by atoms with Crippen LogP contribution >= 0.6 is 21.8 Å². The lowest BCUT2D eigenvalue weighted by Crippen LogP contribution is -2.22. The average molecular weight is 235 g/mol. The Hall–Kier alpha value is -0.360. The minimum Gasteiger partial charge on any atom is -0.466 e. The number of hydrogen-bond acceptors (Lipinski definition) is 5. The number of hydrogen-bond donors (Lipinski definition) is 0. The normalized spacial score (nSPS) is 16.1. The second-order valence-corrected chi connectivity index (χ2v) is 5.01. The highest BCUT2D eigenvalue weighted by atomic mass is 33.1. The Morgan fingerprint density at radius 3 is 3.00 bits per heavy atom. The Morgan fingerprint density at radius 2 is 2.43 bits per heavy atom. The molecular formula is C8H13NO3S2. The van der Waals surface area contributed by atoms with Gasteiger partial charge in [0.1, 0.15) is 0 Å². The molecule has 0 aromatic carbocycles. The van der Waals surface area contributed by atoms with Gasteiger partial charge in [-0.15, -0.1) is 0 Å². The second kappa shape index (κ2) is 6.19. The van der Waals surface area contributed by atoms with E-state index in [1.165, 1.54) is 21.8 Å². The number of amides is 1. The van der Waals surface area contributed by atoms with Gasteiger partial charge in [-0.1, -0.05) is 10.8 Å². The number of esters is 1. The van der Waals surface area contributed by atoms with Crippen molar-refractivity contribution in [3.8, 4) is 0 Å². The fourth-order valence-corrected chi connectivity index (χ4v) is 3.20. The fourth-order valence-electron chi connectivity index (χ4n) is 1.02. The smallest absolute Gasteiger partial charge is 0.305 e. The minimum atomic E-state index is -0.184. The lowest BCUT2D eigenvalue weighted by molar-refractivity contribution is -0.143. The molecule has 0 aromatic rings. The standard InChI is InChI=1S/C8H13NO3S2/c1-2-12-8(11)4-3-5-9-7(10)6-13-14-9/h2-6H2,1H3. The second-order valence-electron chi connectivity index (χ2n) is 2.74. The van der Waals surface area contributed by atoms with Crippen LogP contribution in [-0.2, 0) is 14.3 Å². The van der Waals surface area contributed by atoms with E-state index in [2.05, 4.69) is 0 Å². The van der Waals surface area contributed by atoms with Crippen LogP contribution in [0.1, 0.15) is 19.8 Å². The summed E-state index contributed by atoms with van der Waals surface area (Å²) < 4.78 is 6.48. The maximum atomic E-state index is 11.1. The van der Waals surface area contributed by atoms with Crippen LogP contribution in [0.4, 0.5) is 0 Å². The van der Waals surface area contributed by atoms with Gasteiger partial charge in [0, 0.05) is 23.9 Å². The van der Waals surface area contributed by atoms with Crippen molar-refractivity contribution in [2.75, 3.05) is 18.9 Å². The first-order valence-corrected chi connectivity index (χ1v) is 6.77. The summed E-state index contributed by atoms with van der Waals surface area (Å²) in [4.78, 5) is 22.1. The van der Waals surface area contributed by atoms with E-state index in [0.717, 1.165) is 0 Å². The highest BCUT2D eigenvalue weighted by Gasteiger charge is 2.21. The third kappa shape index (κ3) is 3.79. The quantitative estimate of drug-likeness (QED) is 0.410. The molecule has 6 heteroatoms. The molecule has 0 aromatic heterocycles. The summed E-state index contributed by atoms with van der Waals surface area (Å²) in [5, 5.41) is 0. The molecule has 0 radical (unpaired) electrons. The first-order valence-electron chi connectivity index (χ1n) is 4.49. The van der Waals surface area contributed by atoms with E-state index in [1.807, 2.05) is 0 Å². The molecule has 1 saturated heterocycles. The van der Waals surface area contributed by atoms with E-state index < -0.39 is 0 Å². The van der Waals surface area contributed by atoms with Crippen LogP contribution in [0.5, 0.6) is 0 Å². The molecule has 1 heterocycles. The van der Waals surface area contributed by atoms with Crippen LogP contribution < -0.4 is 0 Å². The topological polar surface area (TPSA) is 46.6 Å². The number of carbonyl (C=O) groups excluding carboxylic acids is 2. The van der Waals surface area contributed by atoms with Gasteiger partial charge in [-0.25, -0.2) is 0 Å². The Labute approximate surface area is 91.3 Å². The van der Waals surface area contributed by atoms with Gasteiger partial charge in [0.25, 0.3) is 0 Å². The van der Waals surface area contributed by atoms with Gasteiger partial charge in [-0.3, -0.25) is 13.9 Å². The molecule has 1 amide bonds. The summed E-state index contributed by atoms with van der Waals surface area (Å²) in [6.45, 7) is 2.84. The predicted octanol–water partition coefficient (Wildman–Crippen LogP) is 1.47. The molecule has 1 rings (SSSR count). The summed E-state index contributed by atoms with van der Waals surface area (Å²) in [6.07, 6.45) is 1.07. The molecule has 0 unspecified atom stereocenters. The molecule has 0 atom stereocenters. The van der Waals surface area contributed by atoms with Gasteiger partial charge >= 0.3 is 5.97 Å². The Balaban J connectivity index is 2.08. The van der Waals surface area contributed by atoms with Crippen molar-refractivity contribution in [2.24, 2.45) is 0 Å². The monoisotopic (exact) mass is 235 g/mol. The van der Waals surface area contributed by atoms with Crippen molar-refractivity contribution in [1.82, 2.24) is 4.31 Å². The molecule has 0 N–H and O–H groups in total. The summed E-state index contributed by atoms with van der Waals surface area (Å²) in [5.74, 6) is 0.505. The number of carbonyl (C=O) groups is 2. The van der Waals surface area contributed by atoms with Gasteiger partial charge in [-0.05, 0) is 13.3 Å². The molecule has 80 valence electrons. The van der Waals surface area contributed by atoms with Crippen LogP contribution in [0.2, 0.25) is 0 Å². The van der Waals surface area contributed by atoms with Crippen molar-refractivity contribution in [3.05, 3.63) is 0 Å². The molecular weight excluding hydrogens is 222 g/mol. The molecule has 0 bridgehead atoms. The van der Waals surface area contributed by atoms with Gasteiger partial charge in [0.2, 0.25) is 5.91 Å². The van der Waals surface area contributed by atoms with Crippen LogP contribution in [0.3, 0.4) is 0 Å². The third-order valence-electron chi connectivity index (χ3n) is 1.65. The maximum Gasteiger partial charge on any atom is 0.305 e.